The zero-order chi connectivity index (χ0) is 52.2. The van der Waals surface area contributed by atoms with Gasteiger partial charge in [0.15, 0.2) is 6.29 Å². The van der Waals surface area contributed by atoms with Crippen molar-refractivity contribution in [1.82, 2.24) is 5.32 Å². The van der Waals surface area contributed by atoms with E-state index in [2.05, 4.69) is 116 Å². The van der Waals surface area contributed by atoms with Gasteiger partial charge in [0.1, 0.15) is 24.4 Å². The second-order valence-corrected chi connectivity index (χ2v) is 19.7. The Morgan fingerprint density at radius 3 is 1.33 bits per heavy atom. The average molecular weight is 1010 g/mol. The Morgan fingerprint density at radius 2 is 0.875 bits per heavy atom. The highest BCUT2D eigenvalue weighted by atomic mass is 16.7. The summed E-state index contributed by atoms with van der Waals surface area (Å²) in [6.45, 7) is 3.64. The summed E-state index contributed by atoms with van der Waals surface area (Å²) in [6, 6.07) is -0.839. The number of unbranched alkanes of at least 4 members (excludes halogenated alkanes) is 22. The predicted octanol–water partition coefficient (Wildman–Crippen LogP) is 14.6. The molecule has 1 fully saturated rings. The molecule has 1 rings (SSSR count). The third-order valence-corrected chi connectivity index (χ3v) is 13.1. The number of ether oxygens (including phenoxy) is 2. The van der Waals surface area contributed by atoms with E-state index in [0.29, 0.717) is 6.42 Å². The van der Waals surface area contributed by atoms with Crippen LogP contribution in [0.3, 0.4) is 0 Å². The molecule has 0 aliphatic carbocycles. The van der Waals surface area contributed by atoms with Crippen molar-refractivity contribution in [2.24, 2.45) is 0 Å². The predicted molar refractivity (Wildman–Crippen MR) is 304 cm³/mol. The van der Waals surface area contributed by atoms with Crippen molar-refractivity contribution >= 4 is 5.91 Å². The second kappa shape index (κ2) is 51.3. The van der Waals surface area contributed by atoms with Crippen LogP contribution in [0, 0.1) is 0 Å². The minimum absolute atomic E-state index is 0.200. The lowest BCUT2D eigenvalue weighted by Gasteiger charge is -2.40. The summed E-state index contributed by atoms with van der Waals surface area (Å²) in [5.41, 5.74) is 0. The number of allylic oxidation sites excluding steroid dienone is 17. The minimum Gasteiger partial charge on any atom is -0.394 e. The summed E-state index contributed by atoms with van der Waals surface area (Å²) < 4.78 is 11.2. The highest BCUT2D eigenvalue weighted by Crippen LogP contribution is 2.23. The Hall–Kier alpha value is -3.15. The maximum atomic E-state index is 13.1. The molecule has 0 bridgehead atoms. The van der Waals surface area contributed by atoms with Gasteiger partial charge in [-0.15, -0.1) is 0 Å². The number of aliphatic hydroxyl groups is 5. The van der Waals surface area contributed by atoms with Crippen LogP contribution < -0.4 is 5.32 Å². The molecular formula is C63H107NO8. The van der Waals surface area contributed by atoms with Gasteiger partial charge in [0.05, 0.1) is 25.4 Å². The van der Waals surface area contributed by atoms with E-state index in [9.17, 15) is 30.3 Å². The summed E-state index contributed by atoms with van der Waals surface area (Å²) in [7, 11) is 0. The Morgan fingerprint density at radius 1 is 0.486 bits per heavy atom. The van der Waals surface area contributed by atoms with Crippen LogP contribution in [0.1, 0.15) is 226 Å². The maximum Gasteiger partial charge on any atom is 0.220 e. The van der Waals surface area contributed by atoms with Crippen LogP contribution in [0.25, 0.3) is 0 Å². The molecule has 0 radical (unpaired) electrons. The zero-order valence-electron chi connectivity index (χ0n) is 45.6. The first kappa shape index (κ1) is 66.9. The highest BCUT2D eigenvalue weighted by Gasteiger charge is 2.44. The largest absolute Gasteiger partial charge is 0.394 e. The van der Waals surface area contributed by atoms with E-state index in [1.54, 1.807) is 6.08 Å². The van der Waals surface area contributed by atoms with Crippen LogP contribution in [0.2, 0.25) is 0 Å². The second-order valence-electron chi connectivity index (χ2n) is 19.7. The molecule has 412 valence electrons. The van der Waals surface area contributed by atoms with Crippen molar-refractivity contribution in [3.63, 3.8) is 0 Å². The number of aliphatic hydroxyl groups excluding tert-OH is 5. The van der Waals surface area contributed by atoms with Gasteiger partial charge >= 0.3 is 0 Å². The Kier molecular flexibility index (Phi) is 47.7. The third-order valence-electron chi connectivity index (χ3n) is 13.1. The summed E-state index contributed by atoms with van der Waals surface area (Å²) in [5.74, 6) is -0.200. The first-order valence-corrected chi connectivity index (χ1v) is 29.1. The Labute approximate surface area is 440 Å². The number of nitrogens with one attached hydrogen (secondary N) is 1. The Balaban J connectivity index is 2.26. The van der Waals surface area contributed by atoms with Crippen LogP contribution in [0.5, 0.6) is 0 Å². The molecule has 72 heavy (non-hydrogen) atoms. The van der Waals surface area contributed by atoms with Crippen LogP contribution in [-0.4, -0.2) is 87.5 Å². The summed E-state index contributed by atoms with van der Waals surface area (Å²) in [5, 5.41) is 54.5. The number of rotatable bonds is 48. The van der Waals surface area contributed by atoms with Gasteiger partial charge in [0.25, 0.3) is 0 Å². The molecular weight excluding hydrogens is 899 g/mol. The van der Waals surface area contributed by atoms with Gasteiger partial charge in [0.2, 0.25) is 5.91 Å². The fraction of sp³-hybridized carbons (Fsp3) is 0.698. The smallest absolute Gasteiger partial charge is 0.220 e. The van der Waals surface area contributed by atoms with Gasteiger partial charge < -0.3 is 40.3 Å². The zero-order valence-corrected chi connectivity index (χ0v) is 45.6. The normalized spacial score (nSPS) is 20.0. The molecule has 1 saturated heterocycles. The van der Waals surface area contributed by atoms with Crippen LogP contribution in [0.15, 0.2) is 109 Å². The van der Waals surface area contributed by atoms with E-state index >= 15 is 0 Å². The monoisotopic (exact) mass is 1010 g/mol. The number of carbonyl (C=O) groups is 1. The molecule has 9 heteroatoms. The van der Waals surface area contributed by atoms with Crippen molar-refractivity contribution in [1.29, 1.82) is 0 Å². The first-order valence-electron chi connectivity index (χ1n) is 29.1. The maximum absolute atomic E-state index is 13.1. The third kappa shape index (κ3) is 40.3. The van der Waals surface area contributed by atoms with Crippen molar-refractivity contribution in [3.8, 4) is 0 Å². The molecule has 0 aromatic heterocycles. The van der Waals surface area contributed by atoms with Gasteiger partial charge in [-0.3, -0.25) is 4.79 Å². The van der Waals surface area contributed by atoms with Gasteiger partial charge in [-0.05, 0) is 96.3 Å². The molecule has 0 aromatic carbocycles. The van der Waals surface area contributed by atoms with Crippen molar-refractivity contribution in [2.75, 3.05) is 13.2 Å². The van der Waals surface area contributed by atoms with Gasteiger partial charge in [-0.1, -0.05) is 232 Å². The van der Waals surface area contributed by atoms with Gasteiger partial charge in [-0.25, -0.2) is 0 Å². The van der Waals surface area contributed by atoms with Gasteiger partial charge in [-0.2, -0.15) is 0 Å². The summed E-state index contributed by atoms with van der Waals surface area (Å²) in [6.07, 6.45) is 68.6. The molecule has 0 saturated carbocycles. The lowest BCUT2D eigenvalue weighted by atomic mass is 9.99. The average Bonchev–Trinajstić information content (AvgIpc) is 3.38. The molecule has 0 spiro atoms. The minimum atomic E-state index is -1.58. The summed E-state index contributed by atoms with van der Waals surface area (Å²) >= 11 is 0. The lowest BCUT2D eigenvalue weighted by Crippen LogP contribution is -2.60. The summed E-state index contributed by atoms with van der Waals surface area (Å²) in [4.78, 5) is 13.1. The molecule has 0 aromatic rings. The van der Waals surface area contributed by atoms with E-state index in [-0.39, 0.29) is 12.5 Å². The first-order chi connectivity index (χ1) is 35.3. The van der Waals surface area contributed by atoms with E-state index in [4.69, 9.17) is 9.47 Å². The molecule has 9 nitrogen and oxygen atoms in total. The quantitative estimate of drug-likeness (QED) is 0.0261. The van der Waals surface area contributed by atoms with Gasteiger partial charge in [0, 0.05) is 6.42 Å². The van der Waals surface area contributed by atoms with Crippen LogP contribution >= 0.6 is 0 Å². The van der Waals surface area contributed by atoms with E-state index in [0.717, 1.165) is 103 Å². The van der Waals surface area contributed by atoms with E-state index < -0.39 is 49.5 Å². The molecule has 7 unspecified atom stereocenters. The van der Waals surface area contributed by atoms with Crippen molar-refractivity contribution in [2.45, 2.75) is 269 Å². The van der Waals surface area contributed by atoms with E-state index in [1.165, 1.54) is 103 Å². The van der Waals surface area contributed by atoms with E-state index in [1.807, 2.05) is 6.08 Å². The van der Waals surface area contributed by atoms with Crippen molar-refractivity contribution in [3.05, 3.63) is 109 Å². The number of amides is 1. The van der Waals surface area contributed by atoms with Crippen molar-refractivity contribution < 1.29 is 39.8 Å². The fourth-order valence-electron chi connectivity index (χ4n) is 8.49. The molecule has 1 aliphatic heterocycles. The highest BCUT2D eigenvalue weighted by molar-refractivity contribution is 5.76. The molecule has 6 N–H and O–H groups in total. The topological polar surface area (TPSA) is 149 Å². The molecule has 1 aliphatic rings. The molecule has 1 amide bonds. The standard InChI is InChI=1S/C63H107NO8/c1-3-5-7-9-11-13-15-17-19-21-23-25-26-27-28-29-30-31-32-33-35-37-39-41-43-45-47-49-51-53-59(67)64-56(55-71-63-62(70)61(69)60(68)58(54-65)72-63)57(66)52-50-48-46-44-42-40-38-36-34-24-22-20-18-16-14-12-10-8-6-4-2/h5,7,11,13,17,19,23,25,27-28,30-31,34,36,42,44,50,52,56-58,60-63,65-66,68-70H,3-4,6,8-10,12,14-16,18,20-22,24,26,29,32-33,35,37-41,43,45-49,51,53-55H2,1-2H3,(H,64,67)/b7-5-,13-11-,19-17-,25-23-,28-27-,31-30-,36-34+,44-42+,52-50+. The Bertz CT molecular complexity index is 1490. The number of hydrogen-bond acceptors (Lipinski definition) is 8. The molecule has 1 heterocycles. The fourth-order valence-corrected chi connectivity index (χ4v) is 8.49. The van der Waals surface area contributed by atoms with Crippen LogP contribution in [0.4, 0.5) is 0 Å². The number of hydrogen-bond donors (Lipinski definition) is 6. The van der Waals surface area contributed by atoms with Crippen LogP contribution in [-0.2, 0) is 14.3 Å². The lowest BCUT2D eigenvalue weighted by molar-refractivity contribution is -0.302. The number of carbonyl (C=O) groups excluding carboxylic acids is 1. The SMILES string of the molecule is CC/C=C\C/C=C\C/C=C\C/C=C\C/C=C\C/C=C\CCCCCCCCCCCCC(=O)NC(COC1OC(CO)C(O)C(O)C1O)C(O)/C=C/CC/C=C/CC/C=C/CCCCCCCCCCCC. The molecule has 7 atom stereocenters.